The molecule has 0 atom stereocenters. The Morgan fingerprint density at radius 3 is 2.94 bits per heavy atom. The molecule has 0 aliphatic carbocycles. The molecule has 2 aromatic rings. The Labute approximate surface area is 103 Å². The summed E-state index contributed by atoms with van der Waals surface area (Å²) < 4.78 is 23.5. The standard InChI is InChI=1S/C12H10FN3O2/c1-2-11-15-12(18-16-11)7-17-9-4-3-8(6-14)10(13)5-9/h3-5H,2,7H2,1H3. The van der Waals surface area contributed by atoms with E-state index in [-0.39, 0.29) is 12.2 Å². The zero-order valence-corrected chi connectivity index (χ0v) is 9.68. The summed E-state index contributed by atoms with van der Waals surface area (Å²) in [4.78, 5) is 4.05. The van der Waals surface area contributed by atoms with Crippen molar-refractivity contribution in [1.29, 1.82) is 5.26 Å². The molecule has 0 unspecified atom stereocenters. The van der Waals surface area contributed by atoms with E-state index in [4.69, 9.17) is 14.5 Å². The molecule has 0 radical (unpaired) electrons. The summed E-state index contributed by atoms with van der Waals surface area (Å²) >= 11 is 0. The Balaban J connectivity index is 2.02. The van der Waals surface area contributed by atoms with Crippen molar-refractivity contribution in [2.45, 2.75) is 20.0 Å². The van der Waals surface area contributed by atoms with Crippen LogP contribution < -0.4 is 4.74 Å². The van der Waals surface area contributed by atoms with Crippen molar-refractivity contribution in [3.63, 3.8) is 0 Å². The minimum Gasteiger partial charge on any atom is -0.484 e. The van der Waals surface area contributed by atoms with Gasteiger partial charge in [-0.1, -0.05) is 12.1 Å². The smallest absolute Gasteiger partial charge is 0.264 e. The van der Waals surface area contributed by atoms with E-state index in [1.807, 2.05) is 6.92 Å². The molecule has 0 aliphatic rings. The fraction of sp³-hybridized carbons (Fsp3) is 0.250. The number of benzene rings is 1. The molecule has 5 nitrogen and oxygen atoms in total. The maximum atomic E-state index is 13.3. The lowest BCUT2D eigenvalue weighted by Gasteiger charge is -2.03. The van der Waals surface area contributed by atoms with Crippen molar-refractivity contribution in [2.24, 2.45) is 0 Å². The Morgan fingerprint density at radius 2 is 2.33 bits per heavy atom. The highest BCUT2D eigenvalue weighted by Gasteiger charge is 2.07. The van der Waals surface area contributed by atoms with Gasteiger partial charge in [0, 0.05) is 12.5 Å². The largest absolute Gasteiger partial charge is 0.484 e. The van der Waals surface area contributed by atoms with Crippen LogP contribution in [0.2, 0.25) is 0 Å². The van der Waals surface area contributed by atoms with E-state index in [0.717, 1.165) is 6.07 Å². The van der Waals surface area contributed by atoms with Crippen molar-refractivity contribution in [2.75, 3.05) is 0 Å². The molecule has 0 amide bonds. The summed E-state index contributed by atoms with van der Waals surface area (Å²) in [6.07, 6.45) is 0.676. The molecule has 0 fully saturated rings. The first-order valence-electron chi connectivity index (χ1n) is 5.37. The predicted octanol–water partition coefficient (Wildman–Crippen LogP) is 2.22. The fourth-order valence-corrected chi connectivity index (χ4v) is 1.31. The zero-order valence-electron chi connectivity index (χ0n) is 9.68. The number of halogens is 1. The van der Waals surface area contributed by atoms with Gasteiger partial charge in [0.25, 0.3) is 5.89 Å². The zero-order chi connectivity index (χ0) is 13.0. The van der Waals surface area contributed by atoms with Crippen LogP contribution in [0.25, 0.3) is 0 Å². The lowest BCUT2D eigenvalue weighted by molar-refractivity contribution is 0.241. The Bertz CT molecular complexity index is 589. The molecule has 2 rings (SSSR count). The van der Waals surface area contributed by atoms with Crippen LogP contribution in [0, 0.1) is 17.1 Å². The average molecular weight is 247 g/mol. The summed E-state index contributed by atoms with van der Waals surface area (Å²) in [5.41, 5.74) is -0.0200. The summed E-state index contributed by atoms with van der Waals surface area (Å²) in [6.45, 7) is 1.98. The van der Waals surface area contributed by atoms with E-state index in [2.05, 4.69) is 10.1 Å². The number of rotatable bonds is 4. The topological polar surface area (TPSA) is 71.9 Å². The SMILES string of the molecule is CCc1noc(COc2ccc(C#N)c(F)c2)n1. The van der Waals surface area contributed by atoms with Gasteiger partial charge in [-0.25, -0.2) is 4.39 Å². The van der Waals surface area contributed by atoms with Crippen LogP contribution in [0.15, 0.2) is 22.7 Å². The lowest BCUT2D eigenvalue weighted by atomic mass is 10.2. The maximum absolute atomic E-state index is 13.3. The van der Waals surface area contributed by atoms with Gasteiger partial charge >= 0.3 is 0 Å². The van der Waals surface area contributed by atoms with Crippen molar-refractivity contribution < 1.29 is 13.7 Å². The van der Waals surface area contributed by atoms with E-state index in [1.54, 1.807) is 6.07 Å². The van der Waals surface area contributed by atoms with Crippen LogP contribution in [0.3, 0.4) is 0 Å². The third-order valence-corrected chi connectivity index (χ3v) is 2.25. The maximum Gasteiger partial charge on any atom is 0.264 e. The Hall–Kier alpha value is -2.42. The van der Waals surface area contributed by atoms with Crippen LogP contribution in [0.5, 0.6) is 5.75 Å². The molecular weight excluding hydrogens is 237 g/mol. The van der Waals surface area contributed by atoms with Gasteiger partial charge in [0.15, 0.2) is 12.4 Å². The Morgan fingerprint density at radius 1 is 1.50 bits per heavy atom. The second-order valence-electron chi connectivity index (χ2n) is 3.50. The second-order valence-corrected chi connectivity index (χ2v) is 3.50. The molecule has 0 N–H and O–H groups in total. The van der Waals surface area contributed by atoms with Crippen molar-refractivity contribution >= 4 is 0 Å². The molecule has 92 valence electrons. The average Bonchev–Trinajstić information content (AvgIpc) is 2.84. The van der Waals surface area contributed by atoms with Crippen LogP contribution in [0.1, 0.15) is 24.2 Å². The van der Waals surface area contributed by atoms with Gasteiger partial charge in [0.05, 0.1) is 5.56 Å². The molecular formula is C12H10FN3O2. The highest BCUT2D eigenvalue weighted by Crippen LogP contribution is 2.17. The van der Waals surface area contributed by atoms with Gasteiger partial charge in [0.1, 0.15) is 17.6 Å². The first-order chi connectivity index (χ1) is 8.72. The van der Waals surface area contributed by atoms with Crippen LogP contribution in [-0.4, -0.2) is 10.1 Å². The molecule has 0 aliphatic heterocycles. The lowest BCUT2D eigenvalue weighted by Crippen LogP contribution is -1.97. The number of hydrogen-bond acceptors (Lipinski definition) is 5. The molecule has 1 aromatic heterocycles. The molecule has 0 spiro atoms. The number of aromatic nitrogens is 2. The van der Waals surface area contributed by atoms with E-state index in [9.17, 15) is 4.39 Å². The van der Waals surface area contributed by atoms with Gasteiger partial charge in [-0.2, -0.15) is 10.2 Å². The van der Waals surface area contributed by atoms with E-state index in [0.29, 0.717) is 23.9 Å². The summed E-state index contributed by atoms with van der Waals surface area (Å²) in [7, 11) is 0. The predicted molar refractivity (Wildman–Crippen MR) is 59.1 cm³/mol. The highest BCUT2D eigenvalue weighted by atomic mass is 19.1. The van der Waals surface area contributed by atoms with Crippen LogP contribution >= 0.6 is 0 Å². The third kappa shape index (κ3) is 2.63. The minimum absolute atomic E-state index is 0.0200. The normalized spacial score (nSPS) is 10.1. The molecule has 18 heavy (non-hydrogen) atoms. The van der Waals surface area contributed by atoms with Crippen molar-refractivity contribution in [1.82, 2.24) is 10.1 Å². The van der Waals surface area contributed by atoms with Crippen molar-refractivity contribution in [3.05, 3.63) is 41.3 Å². The number of nitrogens with zero attached hydrogens (tertiary/aromatic N) is 3. The number of hydrogen-bond donors (Lipinski definition) is 0. The molecule has 6 heteroatoms. The fourth-order valence-electron chi connectivity index (χ4n) is 1.31. The summed E-state index contributed by atoms with van der Waals surface area (Å²) in [5.74, 6) is 0.619. The number of ether oxygens (including phenoxy) is 1. The first-order valence-corrected chi connectivity index (χ1v) is 5.37. The first kappa shape index (κ1) is 12.0. The number of nitriles is 1. The van der Waals surface area contributed by atoms with E-state index >= 15 is 0 Å². The van der Waals surface area contributed by atoms with Crippen LogP contribution in [0.4, 0.5) is 4.39 Å². The van der Waals surface area contributed by atoms with Gasteiger partial charge in [-0.15, -0.1) is 0 Å². The van der Waals surface area contributed by atoms with Gasteiger partial charge in [-0.3, -0.25) is 0 Å². The van der Waals surface area contributed by atoms with Crippen molar-refractivity contribution in [3.8, 4) is 11.8 Å². The third-order valence-electron chi connectivity index (χ3n) is 2.25. The van der Waals surface area contributed by atoms with Gasteiger partial charge < -0.3 is 9.26 Å². The second kappa shape index (κ2) is 5.27. The van der Waals surface area contributed by atoms with Gasteiger partial charge in [0.2, 0.25) is 0 Å². The molecule has 0 saturated heterocycles. The highest BCUT2D eigenvalue weighted by molar-refractivity contribution is 5.36. The van der Waals surface area contributed by atoms with Crippen LogP contribution in [-0.2, 0) is 13.0 Å². The monoisotopic (exact) mass is 247 g/mol. The Kier molecular flexibility index (Phi) is 3.53. The van der Waals surface area contributed by atoms with E-state index < -0.39 is 5.82 Å². The molecule has 1 aromatic carbocycles. The van der Waals surface area contributed by atoms with Gasteiger partial charge in [-0.05, 0) is 12.1 Å². The summed E-state index contributed by atoms with van der Waals surface area (Å²) in [5, 5.41) is 12.3. The molecule has 0 saturated carbocycles. The number of aryl methyl sites for hydroxylation is 1. The van der Waals surface area contributed by atoms with E-state index in [1.165, 1.54) is 12.1 Å². The molecule has 0 bridgehead atoms. The quantitative estimate of drug-likeness (QED) is 0.828. The summed E-state index contributed by atoms with van der Waals surface area (Å²) in [6, 6.07) is 5.75. The minimum atomic E-state index is -0.616. The molecule has 1 heterocycles.